The number of thiol groups is 1. The fourth-order valence-corrected chi connectivity index (χ4v) is 1.55. The van der Waals surface area contributed by atoms with E-state index >= 15 is 0 Å². The highest BCUT2D eigenvalue weighted by Gasteiger charge is 2.04. The second kappa shape index (κ2) is 3.26. The first-order valence-electron chi connectivity index (χ1n) is 4.05. The molecule has 1 heterocycles. The molecule has 0 saturated carbocycles. The molecule has 2 aromatic rings. The Morgan fingerprint density at radius 1 is 1.31 bits per heavy atom. The zero-order valence-electron chi connectivity index (χ0n) is 7.31. The van der Waals surface area contributed by atoms with Crippen LogP contribution in [0.1, 0.15) is 0 Å². The van der Waals surface area contributed by atoms with Gasteiger partial charge in [0.2, 0.25) is 0 Å². The van der Waals surface area contributed by atoms with Crippen LogP contribution in [0.15, 0.2) is 41.6 Å². The Morgan fingerprint density at radius 2 is 2.08 bits per heavy atom. The largest absolute Gasteiger partial charge is 0.334 e. The highest BCUT2D eigenvalue weighted by Crippen LogP contribution is 2.23. The van der Waals surface area contributed by atoms with Crippen LogP contribution >= 0.6 is 12.6 Å². The van der Waals surface area contributed by atoms with Gasteiger partial charge in [0.15, 0.2) is 0 Å². The molecule has 13 heavy (non-hydrogen) atoms. The summed E-state index contributed by atoms with van der Waals surface area (Å²) >= 11 is 4.38. The summed E-state index contributed by atoms with van der Waals surface area (Å²) in [6.07, 6.45) is 3.71. The molecule has 0 amide bonds. The first kappa shape index (κ1) is 8.38. The molecule has 0 N–H and O–H groups in total. The van der Waals surface area contributed by atoms with Crippen LogP contribution in [-0.4, -0.2) is 9.55 Å². The van der Waals surface area contributed by atoms with Crippen molar-refractivity contribution in [2.24, 2.45) is 7.05 Å². The number of aromatic nitrogens is 2. The lowest BCUT2D eigenvalue weighted by molar-refractivity contribution is 0.921. The van der Waals surface area contributed by atoms with Crippen molar-refractivity contribution in [3.8, 4) is 11.4 Å². The molecule has 0 aliphatic heterocycles. The number of rotatable bonds is 1. The minimum absolute atomic E-state index is 0.950. The third-order valence-corrected chi connectivity index (χ3v) is 2.36. The summed E-state index contributed by atoms with van der Waals surface area (Å²) in [5.41, 5.74) is 1.07. The molecule has 0 fully saturated rings. The maximum absolute atomic E-state index is 4.38. The van der Waals surface area contributed by atoms with Crippen LogP contribution in [0.3, 0.4) is 0 Å². The van der Waals surface area contributed by atoms with E-state index in [4.69, 9.17) is 0 Å². The fourth-order valence-electron chi connectivity index (χ4n) is 1.29. The Kier molecular flexibility index (Phi) is 2.10. The Morgan fingerprint density at radius 3 is 2.69 bits per heavy atom. The molecule has 1 aromatic heterocycles. The van der Waals surface area contributed by atoms with E-state index in [0.717, 1.165) is 16.3 Å². The van der Waals surface area contributed by atoms with Crippen LogP contribution in [-0.2, 0) is 7.05 Å². The topological polar surface area (TPSA) is 17.8 Å². The van der Waals surface area contributed by atoms with Crippen molar-refractivity contribution in [1.29, 1.82) is 0 Å². The van der Waals surface area contributed by atoms with Gasteiger partial charge in [-0.25, -0.2) is 4.98 Å². The van der Waals surface area contributed by atoms with Crippen molar-refractivity contribution in [3.63, 3.8) is 0 Å². The standard InChI is InChI=1S/C10H10N2S/c1-12-7-6-11-10(12)8-4-2-3-5-9(8)13/h2-7,13H,1H3. The van der Waals surface area contributed by atoms with E-state index in [1.807, 2.05) is 42.1 Å². The van der Waals surface area contributed by atoms with E-state index in [2.05, 4.69) is 17.6 Å². The molecule has 1 aromatic carbocycles. The molecule has 0 aliphatic carbocycles. The van der Waals surface area contributed by atoms with Gasteiger partial charge in [0.05, 0.1) is 0 Å². The third-order valence-electron chi connectivity index (χ3n) is 1.97. The Labute approximate surface area is 82.6 Å². The summed E-state index contributed by atoms with van der Waals surface area (Å²) in [6.45, 7) is 0. The van der Waals surface area contributed by atoms with E-state index in [1.165, 1.54) is 0 Å². The van der Waals surface area contributed by atoms with Gasteiger partial charge in [-0.1, -0.05) is 18.2 Å². The van der Waals surface area contributed by atoms with E-state index < -0.39 is 0 Å². The van der Waals surface area contributed by atoms with Crippen LogP contribution in [0.4, 0.5) is 0 Å². The third kappa shape index (κ3) is 1.47. The van der Waals surface area contributed by atoms with Gasteiger partial charge in [0.1, 0.15) is 5.82 Å². The molecule has 0 saturated heterocycles. The van der Waals surface area contributed by atoms with E-state index in [9.17, 15) is 0 Å². The van der Waals surface area contributed by atoms with Crippen LogP contribution in [0.25, 0.3) is 11.4 Å². The average molecular weight is 190 g/mol. The molecule has 0 atom stereocenters. The van der Waals surface area contributed by atoms with Crippen molar-refractivity contribution in [3.05, 3.63) is 36.7 Å². The molecular formula is C10H10N2S. The molecule has 2 rings (SSSR count). The molecule has 0 bridgehead atoms. The van der Waals surface area contributed by atoms with Crippen molar-refractivity contribution >= 4 is 12.6 Å². The number of hydrogen-bond donors (Lipinski definition) is 1. The summed E-state index contributed by atoms with van der Waals surface area (Å²) in [4.78, 5) is 5.22. The molecule has 66 valence electrons. The SMILES string of the molecule is Cn1ccnc1-c1ccccc1S. The summed E-state index contributed by atoms with van der Waals surface area (Å²) in [5.74, 6) is 0.950. The fraction of sp³-hybridized carbons (Fsp3) is 0.100. The first-order chi connectivity index (χ1) is 6.29. The summed E-state index contributed by atoms with van der Waals surface area (Å²) in [5, 5.41) is 0. The maximum atomic E-state index is 4.38. The van der Waals surface area contributed by atoms with Crippen molar-refractivity contribution in [1.82, 2.24) is 9.55 Å². The van der Waals surface area contributed by atoms with Crippen molar-refractivity contribution in [2.45, 2.75) is 4.90 Å². The zero-order chi connectivity index (χ0) is 9.26. The lowest BCUT2D eigenvalue weighted by Gasteiger charge is -2.03. The molecule has 0 aliphatic rings. The van der Waals surface area contributed by atoms with Crippen LogP contribution in [0.2, 0.25) is 0 Å². The molecule has 0 spiro atoms. The summed E-state index contributed by atoms with van der Waals surface area (Å²) in [6, 6.07) is 7.94. The van der Waals surface area contributed by atoms with Gasteiger partial charge in [-0.05, 0) is 6.07 Å². The lowest BCUT2D eigenvalue weighted by Crippen LogP contribution is -1.91. The number of hydrogen-bond acceptors (Lipinski definition) is 2. The van der Waals surface area contributed by atoms with Crippen molar-refractivity contribution < 1.29 is 0 Å². The normalized spacial score (nSPS) is 10.3. The molecule has 2 nitrogen and oxygen atoms in total. The Balaban J connectivity index is 2.59. The maximum Gasteiger partial charge on any atom is 0.140 e. The Bertz CT molecular complexity index is 420. The predicted octanol–water partition coefficient (Wildman–Crippen LogP) is 2.38. The van der Waals surface area contributed by atoms with E-state index in [-0.39, 0.29) is 0 Å². The summed E-state index contributed by atoms with van der Waals surface area (Å²) in [7, 11) is 1.97. The minimum Gasteiger partial charge on any atom is -0.334 e. The Hall–Kier alpha value is -1.22. The second-order valence-electron chi connectivity index (χ2n) is 2.88. The molecule has 3 heteroatoms. The van der Waals surface area contributed by atoms with Crippen molar-refractivity contribution in [2.75, 3.05) is 0 Å². The van der Waals surface area contributed by atoms with Gasteiger partial charge in [0.25, 0.3) is 0 Å². The highest BCUT2D eigenvalue weighted by molar-refractivity contribution is 7.80. The average Bonchev–Trinajstić information content (AvgIpc) is 2.52. The van der Waals surface area contributed by atoms with Gasteiger partial charge >= 0.3 is 0 Å². The van der Waals surface area contributed by atoms with Gasteiger partial charge in [-0.2, -0.15) is 0 Å². The highest BCUT2D eigenvalue weighted by atomic mass is 32.1. The van der Waals surface area contributed by atoms with Crippen LogP contribution < -0.4 is 0 Å². The number of nitrogens with zero attached hydrogens (tertiary/aromatic N) is 2. The van der Waals surface area contributed by atoms with Gasteiger partial charge < -0.3 is 4.57 Å². The molecule has 0 unspecified atom stereocenters. The van der Waals surface area contributed by atoms with Gasteiger partial charge in [-0.3, -0.25) is 0 Å². The predicted molar refractivity (Wildman–Crippen MR) is 55.9 cm³/mol. The number of imidazole rings is 1. The van der Waals surface area contributed by atoms with E-state index in [0.29, 0.717) is 0 Å². The molecule has 0 radical (unpaired) electrons. The second-order valence-corrected chi connectivity index (χ2v) is 3.36. The van der Waals surface area contributed by atoms with Crippen LogP contribution in [0.5, 0.6) is 0 Å². The summed E-state index contributed by atoms with van der Waals surface area (Å²) < 4.78 is 1.98. The first-order valence-corrected chi connectivity index (χ1v) is 4.49. The van der Waals surface area contributed by atoms with Gasteiger partial charge in [-0.15, -0.1) is 12.6 Å². The number of aryl methyl sites for hydroxylation is 1. The quantitative estimate of drug-likeness (QED) is 0.683. The monoisotopic (exact) mass is 190 g/mol. The smallest absolute Gasteiger partial charge is 0.140 e. The van der Waals surface area contributed by atoms with E-state index in [1.54, 1.807) is 6.20 Å². The zero-order valence-corrected chi connectivity index (χ0v) is 8.20. The molecular weight excluding hydrogens is 180 g/mol. The lowest BCUT2D eigenvalue weighted by atomic mass is 10.2. The van der Waals surface area contributed by atoms with Crippen LogP contribution in [0, 0.1) is 0 Å². The minimum atomic E-state index is 0.950. The number of benzene rings is 1. The van der Waals surface area contributed by atoms with Gasteiger partial charge in [0, 0.05) is 29.9 Å².